The van der Waals surface area contributed by atoms with Crippen molar-refractivity contribution < 1.29 is 9.59 Å². The molecule has 1 aliphatic rings. The van der Waals surface area contributed by atoms with E-state index in [-0.39, 0.29) is 17.9 Å². The fourth-order valence-electron chi connectivity index (χ4n) is 2.48. The zero-order valence-corrected chi connectivity index (χ0v) is 13.9. The Labute approximate surface area is 137 Å². The summed E-state index contributed by atoms with van der Waals surface area (Å²) in [6.45, 7) is 3.19. The van der Waals surface area contributed by atoms with Gasteiger partial charge in [0, 0.05) is 36.5 Å². The van der Waals surface area contributed by atoms with Gasteiger partial charge in [-0.1, -0.05) is 6.92 Å². The minimum atomic E-state index is -0.102. The Morgan fingerprint density at radius 3 is 3.09 bits per heavy atom. The van der Waals surface area contributed by atoms with E-state index in [0.717, 1.165) is 23.5 Å². The van der Waals surface area contributed by atoms with Gasteiger partial charge in [-0.15, -0.1) is 11.3 Å². The number of nitrogens with zero attached hydrogens (tertiary/aromatic N) is 2. The molecule has 22 heavy (non-hydrogen) atoms. The third-order valence-corrected chi connectivity index (χ3v) is 5.40. The number of aromatic nitrogens is 1. The molecule has 116 valence electrons. The highest BCUT2D eigenvalue weighted by Crippen LogP contribution is 2.27. The lowest BCUT2D eigenvalue weighted by Gasteiger charge is -2.15. The molecule has 0 spiro atoms. The molecule has 0 aromatic carbocycles. The Bertz CT molecular complexity index is 666. The van der Waals surface area contributed by atoms with Crippen molar-refractivity contribution in [2.24, 2.45) is 0 Å². The molecule has 1 atom stereocenters. The molecule has 0 aliphatic carbocycles. The molecule has 1 saturated heterocycles. The van der Waals surface area contributed by atoms with Gasteiger partial charge in [-0.3, -0.25) is 9.59 Å². The number of hydrogen-bond donors (Lipinski definition) is 1. The van der Waals surface area contributed by atoms with E-state index in [9.17, 15) is 9.59 Å². The fraction of sp³-hybridized carbons (Fsp3) is 0.400. The number of likely N-dealkylation sites (tertiary alicyclic amines) is 1. The number of nitrogens with one attached hydrogen (secondary N) is 1. The lowest BCUT2D eigenvalue weighted by molar-refractivity contribution is -0.129. The normalized spacial score (nSPS) is 17.7. The van der Waals surface area contributed by atoms with Gasteiger partial charge in [-0.25, -0.2) is 4.98 Å². The number of carbonyl (C=O) groups is 2. The number of hydrogen-bond acceptors (Lipinski definition) is 5. The first-order valence-electron chi connectivity index (χ1n) is 7.24. The van der Waals surface area contributed by atoms with Crippen LogP contribution in [0.1, 0.15) is 29.4 Å². The van der Waals surface area contributed by atoms with Gasteiger partial charge in [0.2, 0.25) is 5.91 Å². The number of carbonyl (C=O) groups excluding carboxylic acids is 2. The Kier molecular flexibility index (Phi) is 4.54. The third kappa shape index (κ3) is 3.20. The molecule has 3 heterocycles. The standard InChI is InChI=1S/C15H17N3O2S2/c1-2-13(19)18-5-3-11(8-18)17-14(20)12-7-16-15(22-12)10-4-6-21-9-10/h4,6-7,9,11H,2-3,5,8H2,1H3,(H,17,20)/t11-/m1/s1. The van der Waals surface area contributed by atoms with E-state index in [1.54, 1.807) is 17.5 Å². The zero-order chi connectivity index (χ0) is 15.5. The summed E-state index contributed by atoms with van der Waals surface area (Å²) >= 11 is 3.01. The summed E-state index contributed by atoms with van der Waals surface area (Å²) in [5, 5.41) is 7.88. The first-order valence-corrected chi connectivity index (χ1v) is 9.00. The van der Waals surface area contributed by atoms with Crippen LogP contribution in [0.4, 0.5) is 0 Å². The molecule has 2 aromatic heterocycles. The van der Waals surface area contributed by atoms with E-state index in [1.165, 1.54) is 11.3 Å². The summed E-state index contributed by atoms with van der Waals surface area (Å²) in [4.78, 5) is 30.7. The van der Waals surface area contributed by atoms with Gasteiger partial charge in [0.25, 0.3) is 5.91 Å². The van der Waals surface area contributed by atoms with Crippen molar-refractivity contribution in [3.05, 3.63) is 27.9 Å². The largest absolute Gasteiger partial charge is 0.347 e. The smallest absolute Gasteiger partial charge is 0.263 e. The number of amides is 2. The van der Waals surface area contributed by atoms with Crippen molar-refractivity contribution in [1.29, 1.82) is 0 Å². The summed E-state index contributed by atoms with van der Waals surface area (Å²) in [5.41, 5.74) is 1.05. The van der Waals surface area contributed by atoms with Crippen molar-refractivity contribution in [1.82, 2.24) is 15.2 Å². The summed E-state index contributed by atoms with van der Waals surface area (Å²) in [6.07, 6.45) is 2.95. The van der Waals surface area contributed by atoms with Crippen molar-refractivity contribution in [2.45, 2.75) is 25.8 Å². The Morgan fingerprint density at radius 2 is 2.36 bits per heavy atom. The molecule has 3 rings (SSSR count). The van der Waals surface area contributed by atoms with Crippen LogP contribution in [0, 0.1) is 0 Å². The van der Waals surface area contributed by atoms with Gasteiger partial charge in [-0.05, 0) is 17.9 Å². The van der Waals surface area contributed by atoms with E-state index >= 15 is 0 Å². The maximum absolute atomic E-state index is 12.3. The Hall–Kier alpha value is -1.73. The van der Waals surface area contributed by atoms with Gasteiger partial charge >= 0.3 is 0 Å². The van der Waals surface area contributed by atoms with Crippen LogP contribution in [-0.2, 0) is 4.79 Å². The lowest BCUT2D eigenvalue weighted by atomic mass is 10.2. The Balaban J connectivity index is 1.60. The van der Waals surface area contributed by atoms with Gasteiger partial charge in [0.15, 0.2) is 0 Å². The van der Waals surface area contributed by atoms with Crippen molar-refractivity contribution >= 4 is 34.5 Å². The molecule has 0 unspecified atom stereocenters. The molecule has 0 saturated carbocycles. The van der Waals surface area contributed by atoms with Gasteiger partial charge in [0.1, 0.15) is 9.88 Å². The summed E-state index contributed by atoms with van der Waals surface area (Å²) in [7, 11) is 0. The first-order chi connectivity index (χ1) is 10.7. The molecule has 1 N–H and O–H groups in total. The fourth-order valence-corrected chi connectivity index (χ4v) is 4.01. The summed E-state index contributed by atoms with van der Waals surface area (Å²) < 4.78 is 0. The molecule has 2 aromatic rings. The van der Waals surface area contributed by atoms with Crippen LogP contribution in [-0.4, -0.2) is 40.8 Å². The molecule has 0 radical (unpaired) electrons. The monoisotopic (exact) mass is 335 g/mol. The van der Waals surface area contributed by atoms with Crippen LogP contribution in [0.15, 0.2) is 23.0 Å². The second kappa shape index (κ2) is 6.58. The second-order valence-electron chi connectivity index (χ2n) is 5.19. The van der Waals surface area contributed by atoms with Crippen LogP contribution < -0.4 is 5.32 Å². The maximum atomic E-state index is 12.3. The van der Waals surface area contributed by atoms with Crippen LogP contribution in [0.3, 0.4) is 0 Å². The highest BCUT2D eigenvalue weighted by atomic mass is 32.1. The van der Waals surface area contributed by atoms with Crippen molar-refractivity contribution in [3.63, 3.8) is 0 Å². The predicted molar refractivity (Wildman–Crippen MR) is 88.2 cm³/mol. The summed E-state index contributed by atoms with van der Waals surface area (Å²) in [5.74, 6) is 0.0454. The number of thiazole rings is 1. The maximum Gasteiger partial charge on any atom is 0.263 e. The van der Waals surface area contributed by atoms with Crippen molar-refractivity contribution in [3.8, 4) is 10.6 Å². The van der Waals surface area contributed by atoms with E-state index < -0.39 is 0 Å². The van der Waals surface area contributed by atoms with Gasteiger partial charge in [0.05, 0.1) is 6.20 Å². The minimum Gasteiger partial charge on any atom is -0.347 e. The minimum absolute atomic E-state index is 0.0368. The molecule has 1 fully saturated rings. The third-order valence-electron chi connectivity index (χ3n) is 3.68. The molecule has 0 bridgehead atoms. The highest BCUT2D eigenvalue weighted by Gasteiger charge is 2.27. The van der Waals surface area contributed by atoms with Crippen molar-refractivity contribution in [2.75, 3.05) is 13.1 Å². The average Bonchev–Trinajstić information content (AvgIpc) is 3.25. The molecular weight excluding hydrogens is 318 g/mol. The van der Waals surface area contributed by atoms with Crippen LogP contribution in [0.2, 0.25) is 0 Å². The zero-order valence-electron chi connectivity index (χ0n) is 12.2. The van der Waals surface area contributed by atoms with Crippen LogP contribution >= 0.6 is 22.7 Å². The Morgan fingerprint density at radius 1 is 1.50 bits per heavy atom. The quantitative estimate of drug-likeness (QED) is 0.934. The topological polar surface area (TPSA) is 62.3 Å². The predicted octanol–water partition coefficient (Wildman–Crippen LogP) is 2.61. The van der Waals surface area contributed by atoms with E-state index in [4.69, 9.17) is 0 Å². The molecule has 2 amide bonds. The lowest BCUT2D eigenvalue weighted by Crippen LogP contribution is -2.38. The highest BCUT2D eigenvalue weighted by molar-refractivity contribution is 7.17. The molecule has 7 heteroatoms. The molecular formula is C15H17N3O2S2. The number of thiophene rings is 1. The van der Waals surface area contributed by atoms with Gasteiger partial charge < -0.3 is 10.2 Å². The number of rotatable bonds is 4. The second-order valence-corrected chi connectivity index (χ2v) is 7.00. The summed E-state index contributed by atoms with van der Waals surface area (Å²) in [6, 6.07) is 2.03. The molecule has 5 nitrogen and oxygen atoms in total. The molecule has 1 aliphatic heterocycles. The van der Waals surface area contributed by atoms with Gasteiger partial charge in [-0.2, -0.15) is 11.3 Å². The van der Waals surface area contributed by atoms with E-state index in [0.29, 0.717) is 17.8 Å². The van der Waals surface area contributed by atoms with E-state index in [2.05, 4.69) is 10.3 Å². The van der Waals surface area contributed by atoms with Crippen LogP contribution in [0.25, 0.3) is 10.6 Å². The van der Waals surface area contributed by atoms with E-state index in [1.807, 2.05) is 28.7 Å². The average molecular weight is 335 g/mol. The van der Waals surface area contributed by atoms with Crippen LogP contribution in [0.5, 0.6) is 0 Å². The SMILES string of the molecule is CCC(=O)N1CC[C@@H](NC(=O)c2cnc(-c3ccsc3)s2)C1. The first kappa shape index (κ1) is 15.2.